The molecule has 0 radical (unpaired) electrons. The van der Waals surface area contributed by atoms with Crippen LogP contribution in [0.2, 0.25) is 0 Å². The van der Waals surface area contributed by atoms with Gasteiger partial charge in [0.05, 0.1) is 12.5 Å². The molecule has 120 valence electrons. The van der Waals surface area contributed by atoms with E-state index >= 15 is 0 Å². The van der Waals surface area contributed by atoms with Crippen molar-refractivity contribution in [1.82, 2.24) is 0 Å². The van der Waals surface area contributed by atoms with E-state index in [9.17, 15) is 9.90 Å². The summed E-state index contributed by atoms with van der Waals surface area (Å²) in [6, 6.07) is 19.4. The molecule has 1 fully saturated rings. The number of hydrogen-bond donors (Lipinski definition) is 2. The van der Waals surface area contributed by atoms with Gasteiger partial charge in [-0.2, -0.15) is 0 Å². The van der Waals surface area contributed by atoms with E-state index in [1.54, 1.807) is 0 Å². The molecule has 0 aliphatic heterocycles. The van der Waals surface area contributed by atoms with Gasteiger partial charge in [0.25, 0.3) is 0 Å². The Morgan fingerprint density at radius 1 is 0.913 bits per heavy atom. The maximum absolute atomic E-state index is 11.9. The Balaban J connectivity index is 1.96. The summed E-state index contributed by atoms with van der Waals surface area (Å²) in [5.41, 5.74) is 2.03. The molecule has 0 heterocycles. The fourth-order valence-corrected chi connectivity index (χ4v) is 3.80. The normalized spacial score (nSPS) is 26.5. The van der Waals surface area contributed by atoms with Crippen LogP contribution in [0.25, 0.3) is 0 Å². The van der Waals surface area contributed by atoms with Crippen LogP contribution in [0.15, 0.2) is 60.7 Å². The largest absolute Gasteiger partial charge is 0.481 e. The van der Waals surface area contributed by atoms with E-state index in [-0.39, 0.29) is 24.5 Å². The first kappa shape index (κ1) is 15.7. The van der Waals surface area contributed by atoms with Crippen LogP contribution >= 0.6 is 0 Å². The van der Waals surface area contributed by atoms with Crippen molar-refractivity contribution in [1.29, 1.82) is 0 Å². The predicted octanol–water partition coefficient (Wildman–Crippen LogP) is 2.85. The molecule has 2 N–H and O–H groups in total. The van der Waals surface area contributed by atoms with Crippen molar-refractivity contribution in [2.24, 2.45) is 11.8 Å². The zero-order valence-corrected chi connectivity index (χ0v) is 12.7. The van der Waals surface area contributed by atoms with Crippen molar-refractivity contribution in [3.05, 3.63) is 71.8 Å². The Morgan fingerprint density at radius 3 is 1.78 bits per heavy atom. The number of ether oxygens (including phenoxy) is 1. The topological polar surface area (TPSA) is 66.8 Å². The fraction of sp³-hybridized carbons (Fsp3) is 0.316. The van der Waals surface area contributed by atoms with Crippen LogP contribution in [0.3, 0.4) is 0 Å². The van der Waals surface area contributed by atoms with Gasteiger partial charge in [-0.15, -0.1) is 0 Å². The Labute approximate surface area is 135 Å². The molecule has 0 saturated heterocycles. The Hall–Kier alpha value is -2.17. The minimum absolute atomic E-state index is 0.0352. The number of benzene rings is 2. The zero-order chi connectivity index (χ0) is 16.2. The summed E-state index contributed by atoms with van der Waals surface area (Å²) in [6.07, 6.45) is 0. The van der Waals surface area contributed by atoms with Gasteiger partial charge in [0.15, 0.2) is 0 Å². The number of aliphatic hydroxyl groups is 1. The Morgan fingerprint density at radius 2 is 1.39 bits per heavy atom. The standard InChI is InChI=1S/C19H20O4/c20-12-23-11-15-16(13-7-3-1-4-8-13)18(19(21)22)17(15)14-9-5-2-6-10-14/h1-10,15-18,20H,11-12H2,(H,21,22)/t15-,16-,17-,18-/m0/s1. The molecule has 23 heavy (non-hydrogen) atoms. The van der Waals surface area contributed by atoms with Gasteiger partial charge < -0.3 is 14.9 Å². The molecule has 2 aromatic rings. The molecule has 1 aliphatic carbocycles. The third-order valence-electron chi connectivity index (χ3n) is 4.75. The van der Waals surface area contributed by atoms with Gasteiger partial charge in [-0.3, -0.25) is 4.79 Å². The number of carboxylic acid groups (broad SMARTS) is 1. The van der Waals surface area contributed by atoms with Crippen molar-refractivity contribution >= 4 is 5.97 Å². The number of carbonyl (C=O) groups is 1. The van der Waals surface area contributed by atoms with E-state index in [4.69, 9.17) is 9.84 Å². The number of aliphatic carboxylic acids is 1. The highest BCUT2D eigenvalue weighted by molar-refractivity contribution is 5.75. The molecule has 4 heteroatoms. The molecule has 0 aromatic heterocycles. The molecule has 2 aromatic carbocycles. The van der Waals surface area contributed by atoms with Gasteiger partial charge in [0, 0.05) is 11.8 Å². The first-order valence-electron chi connectivity index (χ1n) is 7.75. The average Bonchev–Trinajstić information content (AvgIpc) is 2.56. The van der Waals surface area contributed by atoms with Gasteiger partial charge in [0.2, 0.25) is 0 Å². The van der Waals surface area contributed by atoms with Crippen LogP contribution < -0.4 is 0 Å². The van der Waals surface area contributed by atoms with E-state index in [2.05, 4.69) is 0 Å². The SMILES string of the molecule is O=C(O)[C@H]1[C@@H](c2ccccc2)[C@H](COCO)[C@@H]1c1ccccc1. The molecule has 0 spiro atoms. The van der Waals surface area contributed by atoms with Crippen molar-refractivity contribution in [3.63, 3.8) is 0 Å². The monoisotopic (exact) mass is 312 g/mol. The van der Waals surface area contributed by atoms with Crippen LogP contribution in [-0.2, 0) is 9.53 Å². The smallest absolute Gasteiger partial charge is 0.307 e. The number of aliphatic hydroxyl groups excluding tert-OH is 1. The second kappa shape index (κ2) is 6.94. The number of hydrogen-bond acceptors (Lipinski definition) is 3. The summed E-state index contributed by atoms with van der Waals surface area (Å²) < 4.78 is 5.23. The zero-order valence-electron chi connectivity index (χ0n) is 12.7. The first-order valence-corrected chi connectivity index (χ1v) is 7.75. The summed E-state index contributed by atoms with van der Waals surface area (Å²) >= 11 is 0. The van der Waals surface area contributed by atoms with Crippen molar-refractivity contribution in [3.8, 4) is 0 Å². The molecular weight excluding hydrogens is 292 g/mol. The molecule has 0 amide bonds. The second-order valence-electron chi connectivity index (χ2n) is 5.90. The van der Waals surface area contributed by atoms with Gasteiger partial charge >= 0.3 is 5.97 Å². The maximum atomic E-state index is 11.9. The van der Waals surface area contributed by atoms with Gasteiger partial charge in [-0.1, -0.05) is 60.7 Å². The Bertz CT molecular complexity index is 593. The third-order valence-corrected chi connectivity index (χ3v) is 4.75. The van der Waals surface area contributed by atoms with Gasteiger partial charge in [-0.05, 0) is 17.0 Å². The van der Waals surface area contributed by atoms with E-state index in [0.29, 0.717) is 6.61 Å². The third kappa shape index (κ3) is 3.00. The first-order chi connectivity index (χ1) is 11.2. The second-order valence-corrected chi connectivity index (χ2v) is 5.90. The van der Waals surface area contributed by atoms with Crippen LogP contribution in [0.1, 0.15) is 23.0 Å². The van der Waals surface area contributed by atoms with Crippen molar-refractivity contribution in [2.45, 2.75) is 11.8 Å². The quantitative estimate of drug-likeness (QED) is 0.805. The summed E-state index contributed by atoms with van der Waals surface area (Å²) in [6.45, 7) is -0.00331. The maximum Gasteiger partial charge on any atom is 0.307 e. The molecule has 2 atom stereocenters. The molecular formula is C19H20O4. The minimum Gasteiger partial charge on any atom is -0.481 e. The lowest BCUT2D eigenvalue weighted by Gasteiger charge is -2.50. The lowest BCUT2D eigenvalue weighted by molar-refractivity contribution is -0.153. The van der Waals surface area contributed by atoms with Crippen LogP contribution in [0.5, 0.6) is 0 Å². The average molecular weight is 312 g/mol. The highest BCUT2D eigenvalue weighted by Crippen LogP contribution is 2.57. The molecule has 1 saturated carbocycles. The van der Waals surface area contributed by atoms with E-state index < -0.39 is 11.9 Å². The molecule has 1 aliphatic rings. The lowest BCUT2D eigenvalue weighted by atomic mass is 9.53. The summed E-state index contributed by atoms with van der Waals surface area (Å²) in [5.74, 6) is -1.44. The van der Waals surface area contributed by atoms with E-state index in [0.717, 1.165) is 11.1 Å². The van der Waals surface area contributed by atoms with Crippen LogP contribution in [0.4, 0.5) is 0 Å². The Kier molecular flexibility index (Phi) is 4.74. The van der Waals surface area contributed by atoms with Crippen LogP contribution in [-0.4, -0.2) is 29.6 Å². The summed E-state index contributed by atoms with van der Waals surface area (Å²) in [5, 5.41) is 18.7. The number of rotatable bonds is 6. The molecule has 0 bridgehead atoms. The predicted molar refractivity (Wildman–Crippen MR) is 86.0 cm³/mol. The van der Waals surface area contributed by atoms with Gasteiger partial charge in [-0.25, -0.2) is 0 Å². The highest BCUT2D eigenvalue weighted by Gasteiger charge is 2.55. The van der Waals surface area contributed by atoms with E-state index in [1.165, 1.54) is 0 Å². The number of carboxylic acids is 1. The van der Waals surface area contributed by atoms with Crippen LogP contribution in [0, 0.1) is 11.8 Å². The van der Waals surface area contributed by atoms with Crippen molar-refractivity contribution in [2.75, 3.05) is 13.4 Å². The lowest BCUT2D eigenvalue weighted by Crippen LogP contribution is -2.49. The van der Waals surface area contributed by atoms with Crippen molar-refractivity contribution < 1.29 is 19.7 Å². The van der Waals surface area contributed by atoms with Gasteiger partial charge in [0.1, 0.15) is 6.79 Å². The summed E-state index contributed by atoms with van der Waals surface area (Å²) in [4.78, 5) is 11.9. The highest BCUT2D eigenvalue weighted by atomic mass is 16.6. The fourth-order valence-electron chi connectivity index (χ4n) is 3.80. The molecule has 3 rings (SSSR count). The molecule has 0 unspecified atom stereocenters. The summed E-state index contributed by atoms with van der Waals surface area (Å²) in [7, 11) is 0. The molecule has 4 nitrogen and oxygen atoms in total. The van der Waals surface area contributed by atoms with E-state index in [1.807, 2.05) is 60.7 Å². The minimum atomic E-state index is -0.784.